The minimum absolute atomic E-state index is 0.0884. The zero-order valence-corrected chi connectivity index (χ0v) is 15.0. The first-order valence-electron chi connectivity index (χ1n) is 7.44. The minimum Gasteiger partial charge on any atom is -0.481 e. The molecule has 0 bridgehead atoms. The SMILES string of the molecule is O=C(O)CC[C@H](NC(=O)c1ccc(Nc2nc(Cl)nc(Cl)n2)cc1)C(=O)O. The van der Waals surface area contributed by atoms with Crippen LogP contribution < -0.4 is 10.6 Å². The molecule has 0 saturated carbocycles. The van der Waals surface area contributed by atoms with Crippen molar-refractivity contribution in [2.75, 3.05) is 5.32 Å². The van der Waals surface area contributed by atoms with Crippen LogP contribution in [0.5, 0.6) is 0 Å². The van der Waals surface area contributed by atoms with Crippen molar-refractivity contribution >= 4 is 52.7 Å². The van der Waals surface area contributed by atoms with E-state index in [1.54, 1.807) is 0 Å². The van der Waals surface area contributed by atoms with E-state index in [1.807, 2.05) is 0 Å². The van der Waals surface area contributed by atoms with Gasteiger partial charge in [-0.05, 0) is 53.9 Å². The number of anilines is 2. The van der Waals surface area contributed by atoms with Gasteiger partial charge in [0.2, 0.25) is 16.5 Å². The molecule has 10 nitrogen and oxygen atoms in total. The number of halogens is 2. The molecule has 0 radical (unpaired) electrons. The summed E-state index contributed by atoms with van der Waals surface area (Å²) in [5.41, 5.74) is 0.708. The highest BCUT2D eigenvalue weighted by molar-refractivity contribution is 6.31. The van der Waals surface area contributed by atoms with Gasteiger partial charge in [-0.1, -0.05) is 0 Å². The quantitative estimate of drug-likeness (QED) is 0.507. The van der Waals surface area contributed by atoms with Crippen LogP contribution in [0.1, 0.15) is 23.2 Å². The summed E-state index contributed by atoms with van der Waals surface area (Å²) in [5.74, 6) is -3.00. The van der Waals surface area contributed by atoms with Crippen LogP contribution in [0.3, 0.4) is 0 Å². The Labute approximate surface area is 162 Å². The molecule has 1 aromatic heterocycles. The Morgan fingerprint density at radius 3 is 2.11 bits per heavy atom. The van der Waals surface area contributed by atoms with Gasteiger partial charge in [-0.25, -0.2) is 4.79 Å². The van der Waals surface area contributed by atoms with E-state index in [9.17, 15) is 14.4 Å². The molecule has 12 heteroatoms. The third-order valence-electron chi connectivity index (χ3n) is 3.23. The van der Waals surface area contributed by atoms with E-state index in [0.717, 1.165) is 0 Å². The number of rotatable bonds is 8. The zero-order valence-electron chi connectivity index (χ0n) is 13.5. The summed E-state index contributed by atoms with van der Waals surface area (Å²) >= 11 is 11.4. The van der Waals surface area contributed by atoms with Crippen molar-refractivity contribution in [3.8, 4) is 0 Å². The first-order chi connectivity index (χ1) is 12.7. The second-order valence-corrected chi connectivity index (χ2v) is 5.87. The number of carbonyl (C=O) groups is 3. The molecule has 2 aromatic rings. The summed E-state index contributed by atoms with van der Waals surface area (Å²) in [4.78, 5) is 45.1. The molecule has 0 aliphatic carbocycles. The largest absolute Gasteiger partial charge is 0.481 e. The van der Waals surface area contributed by atoms with E-state index >= 15 is 0 Å². The number of hydrogen-bond donors (Lipinski definition) is 4. The maximum absolute atomic E-state index is 12.2. The highest BCUT2D eigenvalue weighted by atomic mass is 35.5. The number of benzene rings is 1. The summed E-state index contributed by atoms with van der Waals surface area (Å²) in [7, 11) is 0. The van der Waals surface area contributed by atoms with E-state index in [-0.39, 0.29) is 34.9 Å². The van der Waals surface area contributed by atoms with E-state index < -0.39 is 23.9 Å². The Kier molecular flexibility index (Phi) is 6.85. The summed E-state index contributed by atoms with van der Waals surface area (Å²) < 4.78 is 0. The highest BCUT2D eigenvalue weighted by Gasteiger charge is 2.21. The van der Waals surface area contributed by atoms with E-state index in [0.29, 0.717) is 5.69 Å². The Balaban J connectivity index is 2.03. The molecule has 0 fully saturated rings. The number of aliphatic carboxylic acids is 2. The molecule has 1 aromatic carbocycles. The standard InChI is InChI=1S/C15H13Cl2N5O5/c16-13-20-14(17)22-15(21-13)18-8-3-1-7(2-4-8)11(25)19-9(12(26)27)5-6-10(23)24/h1-4,9H,5-6H2,(H,19,25)(H,23,24)(H,26,27)(H,18,20,21,22)/t9-/m0/s1. The Hall–Kier alpha value is -2.98. The Morgan fingerprint density at radius 1 is 1.00 bits per heavy atom. The fourth-order valence-electron chi connectivity index (χ4n) is 1.98. The summed E-state index contributed by atoms with van der Waals surface area (Å²) in [6.07, 6.45) is -0.603. The lowest BCUT2D eigenvalue weighted by Crippen LogP contribution is -2.41. The Bertz CT molecular complexity index is 842. The van der Waals surface area contributed by atoms with Crippen molar-refractivity contribution in [1.29, 1.82) is 0 Å². The third kappa shape index (κ3) is 6.35. The Morgan fingerprint density at radius 2 is 1.59 bits per heavy atom. The molecule has 1 amide bonds. The predicted octanol–water partition coefficient (Wildman–Crippen LogP) is 1.97. The van der Waals surface area contributed by atoms with Crippen LogP contribution in [0.25, 0.3) is 0 Å². The van der Waals surface area contributed by atoms with Crippen molar-refractivity contribution in [2.24, 2.45) is 0 Å². The average molecular weight is 414 g/mol. The molecule has 0 saturated heterocycles. The van der Waals surface area contributed by atoms with Crippen molar-refractivity contribution in [2.45, 2.75) is 18.9 Å². The van der Waals surface area contributed by atoms with Gasteiger partial charge in [0.05, 0.1) is 0 Å². The van der Waals surface area contributed by atoms with Crippen LogP contribution in [-0.4, -0.2) is 49.1 Å². The number of hydrogen-bond acceptors (Lipinski definition) is 7. The van der Waals surface area contributed by atoms with Gasteiger partial charge >= 0.3 is 11.9 Å². The van der Waals surface area contributed by atoms with E-state index in [1.165, 1.54) is 24.3 Å². The van der Waals surface area contributed by atoms with Gasteiger partial charge in [-0.3, -0.25) is 9.59 Å². The fourth-order valence-corrected chi connectivity index (χ4v) is 2.35. The predicted molar refractivity (Wildman–Crippen MR) is 95.3 cm³/mol. The minimum atomic E-state index is -1.31. The second-order valence-electron chi connectivity index (χ2n) is 5.20. The van der Waals surface area contributed by atoms with Crippen molar-refractivity contribution in [1.82, 2.24) is 20.3 Å². The van der Waals surface area contributed by atoms with Gasteiger partial charge in [0, 0.05) is 17.7 Å². The summed E-state index contributed by atoms with van der Waals surface area (Å²) in [5, 5.41) is 22.6. The molecule has 142 valence electrons. The molecule has 1 atom stereocenters. The van der Waals surface area contributed by atoms with Gasteiger partial charge in [0.1, 0.15) is 6.04 Å². The normalized spacial score (nSPS) is 11.5. The molecule has 27 heavy (non-hydrogen) atoms. The highest BCUT2D eigenvalue weighted by Crippen LogP contribution is 2.17. The smallest absolute Gasteiger partial charge is 0.326 e. The fraction of sp³-hybridized carbons (Fsp3) is 0.200. The lowest BCUT2D eigenvalue weighted by molar-refractivity contribution is -0.140. The number of aromatic nitrogens is 3. The topological polar surface area (TPSA) is 154 Å². The van der Waals surface area contributed by atoms with E-state index in [4.69, 9.17) is 33.4 Å². The maximum Gasteiger partial charge on any atom is 0.326 e. The number of amides is 1. The number of carbonyl (C=O) groups excluding carboxylic acids is 1. The van der Waals surface area contributed by atoms with Gasteiger partial charge in [-0.2, -0.15) is 15.0 Å². The van der Waals surface area contributed by atoms with Crippen molar-refractivity contribution in [3.05, 3.63) is 40.4 Å². The zero-order chi connectivity index (χ0) is 20.0. The number of carboxylic acid groups (broad SMARTS) is 2. The van der Waals surface area contributed by atoms with Crippen LogP contribution in [0.4, 0.5) is 11.6 Å². The van der Waals surface area contributed by atoms with Crippen LogP contribution in [0, 0.1) is 0 Å². The first kappa shape index (κ1) is 20.3. The number of carboxylic acids is 2. The number of nitrogens with zero attached hydrogens (tertiary/aromatic N) is 3. The van der Waals surface area contributed by atoms with Crippen LogP contribution in [0.2, 0.25) is 10.6 Å². The molecule has 0 spiro atoms. The molecule has 0 unspecified atom stereocenters. The molecular formula is C15H13Cl2N5O5. The van der Waals surface area contributed by atoms with E-state index in [2.05, 4.69) is 25.6 Å². The van der Waals surface area contributed by atoms with Crippen LogP contribution in [-0.2, 0) is 9.59 Å². The average Bonchev–Trinajstić information content (AvgIpc) is 2.57. The second kappa shape index (κ2) is 9.10. The molecule has 0 aliphatic rings. The first-order valence-corrected chi connectivity index (χ1v) is 8.20. The summed E-state index contributed by atoms with van der Waals surface area (Å²) in [6, 6.07) is 4.65. The summed E-state index contributed by atoms with van der Waals surface area (Å²) in [6.45, 7) is 0. The molecule has 2 rings (SSSR count). The third-order valence-corrected chi connectivity index (χ3v) is 3.57. The van der Waals surface area contributed by atoms with Gasteiger partial charge < -0.3 is 20.8 Å². The van der Waals surface area contributed by atoms with Crippen molar-refractivity contribution < 1.29 is 24.6 Å². The van der Waals surface area contributed by atoms with Gasteiger partial charge in [0.25, 0.3) is 5.91 Å². The van der Waals surface area contributed by atoms with Gasteiger partial charge in [0.15, 0.2) is 0 Å². The van der Waals surface area contributed by atoms with Crippen molar-refractivity contribution in [3.63, 3.8) is 0 Å². The van der Waals surface area contributed by atoms with Crippen LogP contribution in [0.15, 0.2) is 24.3 Å². The maximum atomic E-state index is 12.2. The molecule has 1 heterocycles. The monoisotopic (exact) mass is 413 g/mol. The molecular weight excluding hydrogens is 401 g/mol. The lowest BCUT2D eigenvalue weighted by atomic mass is 10.1. The molecule has 0 aliphatic heterocycles. The lowest BCUT2D eigenvalue weighted by Gasteiger charge is -2.13. The van der Waals surface area contributed by atoms with Crippen LogP contribution >= 0.6 is 23.2 Å². The molecule has 4 N–H and O–H groups in total. The number of nitrogens with one attached hydrogen (secondary N) is 2. The van der Waals surface area contributed by atoms with Gasteiger partial charge in [-0.15, -0.1) is 0 Å².